The van der Waals surface area contributed by atoms with Crippen LogP contribution in [0.1, 0.15) is 33.6 Å². The van der Waals surface area contributed by atoms with Crippen molar-refractivity contribution in [1.82, 2.24) is 5.32 Å². The number of unbranched alkanes of at least 4 members (excludes halogenated alkanes) is 1. The Balaban J connectivity index is 0.000000217. The molecule has 0 aromatic heterocycles. The standard InChI is InChI=1S/C6H13N.C4H10O/c1-4-5(2)6(4)7-3;1-2-3-4-5/h4-7H,1-3H3;5H,2-4H2,1H3. The summed E-state index contributed by atoms with van der Waals surface area (Å²) in [5.41, 5.74) is 0. The van der Waals surface area contributed by atoms with Crippen LogP contribution in [0.2, 0.25) is 0 Å². The molecule has 0 spiro atoms. The van der Waals surface area contributed by atoms with E-state index in [-0.39, 0.29) is 0 Å². The molecule has 12 heavy (non-hydrogen) atoms. The molecule has 2 heteroatoms. The van der Waals surface area contributed by atoms with Crippen molar-refractivity contribution in [2.75, 3.05) is 13.7 Å². The molecule has 0 heterocycles. The molecule has 2 nitrogen and oxygen atoms in total. The first kappa shape index (κ1) is 11.9. The van der Waals surface area contributed by atoms with Crippen molar-refractivity contribution in [2.45, 2.75) is 39.7 Å². The minimum Gasteiger partial charge on any atom is -0.396 e. The van der Waals surface area contributed by atoms with Crippen molar-refractivity contribution < 1.29 is 5.11 Å². The minimum absolute atomic E-state index is 0.344. The fraction of sp³-hybridized carbons (Fsp3) is 1.00. The van der Waals surface area contributed by atoms with Crippen molar-refractivity contribution in [3.8, 4) is 0 Å². The monoisotopic (exact) mass is 173 g/mol. The molecule has 0 bridgehead atoms. The SMILES string of the molecule is CCCCO.CNC1C(C)C1C. The maximum Gasteiger partial charge on any atom is 0.0430 e. The molecule has 2 unspecified atom stereocenters. The van der Waals surface area contributed by atoms with Gasteiger partial charge in [-0.05, 0) is 25.3 Å². The van der Waals surface area contributed by atoms with Gasteiger partial charge in [0.05, 0.1) is 0 Å². The van der Waals surface area contributed by atoms with Gasteiger partial charge in [-0.1, -0.05) is 27.2 Å². The van der Waals surface area contributed by atoms with Gasteiger partial charge in [-0.3, -0.25) is 0 Å². The van der Waals surface area contributed by atoms with Crippen molar-refractivity contribution in [2.24, 2.45) is 11.8 Å². The van der Waals surface area contributed by atoms with E-state index in [1.54, 1.807) is 0 Å². The Labute approximate surface area is 76.4 Å². The lowest BCUT2D eigenvalue weighted by Crippen LogP contribution is -2.10. The van der Waals surface area contributed by atoms with Crippen LogP contribution in [-0.4, -0.2) is 24.8 Å². The van der Waals surface area contributed by atoms with Crippen LogP contribution in [0.5, 0.6) is 0 Å². The molecule has 1 aliphatic carbocycles. The molecule has 0 aromatic rings. The molecular weight excluding hydrogens is 150 g/mol. The summed E-state index contributed by atoms with van der Waals surface area (Å²) in [5, 5.41) is 11.3. The van der Waals surface area contributed by atoms with Gasteiger partial charge in [-0.15, -0.1) is 0 Å². The molecule has 0 radical (unpaired) electrons. The molecule has 0 aliphatic heterocycles. The Kier molecular flexibility index (Phi) is 6.39. The highest BCUT2D eigenvalue weighted by Gasteiger charge is 2.41. The van der Waals surface area contributed by atoms with E-state index in [1.807, 2.05) is 7.05 Å². The first-order valence-corrected chi connectivity index (χ1v) is 4.97. The lowest BCUT2D eigenvalue weighted by molar-refractivity contribution is 0.287. The van der Waals surface area contributed by atoms with Gasteiger partial charge in [-0.2, -0.15) is 0 Å². The largest absolute Gasteiger partial charge is 0.396 e. The maximum absolute atomic E-state index is 8.07. The quantitative estimate of drug-likeness (QED) is 0.680. The first-order valence-electron chi connectivity index (χ1n) is 4.97. The summed E-state index contributed by atoms with van der Waals surface area (Å²) in [7, 11) is 2.03. The second-order valence-corrected chi connectivity index (χ2v) is 3.61. The Bertz CT molecular complexity index is 96.0. The van der Waals surface area contributed by atoms with Crippen LogP contribution in [0.25, 0.3) is 0 Å². The van der Waals surface area contributed by atoms with Gasteiger partial charge < -0.3 is 10.4 Å². The number of aliphatic hydroxyl groups is 1. The zero-order chi connectivity index (χ0) is 9.56. The molecule has 2 atom stereocenters. The van der Waals surface area contributed by atoms with Gasteiger partial charge in [0.2, 0.25) is 0 Å². The normalized spacial score (nSPS) is 32.2. The van der Waals surface area contributed by atoms with Crippen LogP contribution in [-0.2, 0) is 0 Å². The zero-order valence-electron chi connectivity index (χ0n) is 8.80. The molecule has 0 saturated heterocycles. The number of nitrogens with one attached hydrogen (secondary N) is 1. The van der Waals surface area contributed by atoms with Crippen molar-refractivity contribution in [3.05, 3.63) is 0 Å². The van der Waals surface area contributed by atoms with E-state index in [2.05, 4.69) is 26.1 Å². The Morgan fingerprint density at radius 1 is 1.25 bits per heavy atom. The van der Waals surface area contributed by atoms with Crippen LogP contribution in [0.4, 0.5) is 0 Å². The third-order valence-electron chi connectivity index (χ3n) is 2.67. The summed E-state index contributed by atoms with van der Waals surface area (Å²) in [6.07, 6.45) is 2.04. The fourth-order valence-corrected chi connectivity index (χ4v) is 1.35. The van der Waals surface area contributed by atoms with E-state index >= 15 is 0 Å². The highest BCUT2D eigenvalue weighted by molar-refractivity contribution is 4.96. The first-order chi connectivity index (χ1) is 5.68. The van der Waals surface area contributed by atoms with E-state index in [0.717, 1.165) is 30.7 Å². The molecule has 2 N–H and O–H groups in total. The maximum atomic E-state index is 8.07. The Hall–Kier alpha value is -0.0800. The second-order valence-electron chi connectivity index (χ2n) is 3.61. The topological polar surface area (TPSA) is 32.3 Å². The highest BCUT2D eigenvalue weighted by atomic mass is 16.2. The predicted octanol–water partition coefficient (Wildman–Crippen LogP) is 1.64. The zero-order valence-corrected chi connectivity index (χ0v) is 8.80. The molecule has 1 rings (SSSR count). The van der Waals surface area contributed by atoms with E-state index in [0.29, 0.717) is 6.61 Å². The van der Waals surface area contributed by atoms with Crippen LogP contribution >= 0.6 is 0 Å². The smallest absolute Gasteiger partial charge is 0.0430 e. The molecule has 1 saturated carbocycles. The van der Waals surface area contributed by atoms with E-state index in [1.165, 1.54) is 0 Å². The fourth-order valence-electron chi connectivity index (χ4n) is 1.35. The van der Waals surface area contributed by atoms with Crippen LogP contribution in [0.15, 0.2) is 0 Å². The van der Waals surface area contributed by atoms with Crippen LogP contribution in [0.3, 0.4) is 0 Å². The van der Waals surface area contributed by atoms with E-state index in [9.17, 15) is 0 Å². The third kappa shape index (κ3) is 4.07. The van der Waals surface area contributed by atoms with Gasteiger partial charge in [0.1, 0.15) is 0 Å². The minimum atomic E-state index is 0.344. The molecule has 1 aliphatic rings. The summed E-state index contributed by atoms with van der Waals surface area (Å²) in [5.74, 6) is 1.84. The number of hydrogen-bond donors (Lipinski definition) is 2. The average molecular weight is 173 g/mol. The van der Waals surface area contributed by atoms with Gasteiger partial charge in [0, 0.05) is 12.6 Å². The third-order valence-corrected chi connectivity index (χ3v) is 2.67. The second kappa shape index (κ2) is 6.44. The molecule has 0 amide bonds. The number of aliphatic hydroxyl groups excluding tert-OH is 1. The molecule has 0 aromatic carbocycles. The summed E-state index contributed by atoms with van der Waals surface area (Å²) < 4.78 is 0. The van der Waals surface area contributed by atoms with Gasteiger partial charge >= 0.3 is 0 Å². The average Bonchev–Trinajstić information content (AvgIpc) is 2.62. The molecule has 1 fully saturated rings. The van der Waals surface area contributed by atoms with Crippen molar-refractivity contribution in [1.29, 1.82) is 0 Å². The predicted molar refractivity (Wildman–Crippen MR) is 53.2 cm³/mol. The molecule has 74 valence electrons. The van der Waals surface area contributed by atoms with Crippen molar-refractivity contribution >= 4 is 0 Å². The Morgan fingerprint density at radius 2 is 1.75 bits per heavy atom. The summed E-state index contributed by atoms with van der Waals surface area (Å²) in [6, 6.07) is 0.819. The van der Waals surface area contributed by atoms with Crippen LogP contribution < -0.4 is 5.32 Å². The van der Waals surface area contributed by atoms with E-state index in [4.69, 9.17) is 5.11 Å². The summed E-state index contributed by atoms with van der Waals surface area (Å²) in [4.78, 5) is 0. The van der Waals surface area contributed by atoms with Gasteiger partial charge in [0.25, 0.3) is 0 Å². The molecular formula is C10H23NO. The number of hydrogen-bond acceptors (Lipinski definition) is 2. The van der Waals surface area contributed by atoms with E-state index < -0.39 is 0 Å². The Morgan fingerprint density at radius 3 is 1.75 bits per heavy atom. The lowest BCUT2D eigenvalue weighted by atomic mass is 10.4. The summed E-state index contributed by atoms with van der Waals surface area (Å²) in [6.45, 7) is 6.96. The lowest BCUT2D eigenvalue weighted by Gasteiger charge is -1.86. The van der Waals surface area contributed by atoms with Crippen LogP contribution in [0, 0.1) is 11.8 Å². The van der Waals surface area contributed by atoms with Crippen molar-refractivity contribution in [3.63, 3.8) is 0 Å². The highest BCUT2D eigenvalue weighted by Crippen LogP contribution is 2.36. The summed E-state index contributed by atoms with van der Waals surface area (Å²) >= 11 is 0. The van der Waals surface area contributed by atoms with Gasteiger partial charge in [0.15, 0.2) is 0 Å². The number of rotatable bonds is 3. The van der Waals surface area contributed by atoms with Gasteiger partial charge in [-0.25, -0.2) is 0 Å².